The van der Waals surface area contributed by atoms with E-state index in [2.05, 4.69) is 10.3 Å². The fourth-order valence-corrected chi connectivity index (χ4v) is 3.62. The molecule has 160 valence electrons. The maximum atomic E-state index is 12.3. The molecule has 1 atom stereocenters. The molecule has 0 bridgehead atoms. The van der Waals surface area contributed by atoms with E-state index < -0.39 is 11.9 Å². The number of amides is 1. The highest BCUT2D eigenvalue weighted by Crippen LogP contribution is 2.37. The van der Waals surface area contributed by atoms with E-state index >= 15 is 0 Å². The zero-order valence-corrected chi connectivity index (χ0v) is 17.7. The smallest absolute Gasteiger partial charge is 0.248 e. The van der Waals surface area contributed by atoms with Crippen LogP contribution in [0.2, 0.25) is 0 Å². The topological polar surface area (TPSA) is 114 Å². The van der Waals surface area contributed by atoms with Gasteiger partial charge in [-0.25, -0.2) is 4.68 Å². The maximum Gasteiger partial charge on any atom is 0.248 e. The molecular weight excluding hydrogens is 398 g/mol. The quantitative estimate of drug-likeness (QED) is 0.629. The molecular formula is C22H23N5O4. The Morgan fingerprint density at radius 3 is 2.16 bits per heavy atom. The highest BCUT2D eigenvalue weighted by atomic mass is 16.5. The first-order valence-electron chi connectivity index (χ1n) is 9.56. The molecule has 3 N–H and O–H groups in total. The van der Waals surface area contributed by atoms with Crippen molar-refractivity contribution in [3.63, 3.8) is 0 Å². The highest BCUT2D eigenvalue weighted by molar-refractivity contribution is 5.95. The van der Waals surface area contributed by atoms with Gasteiger partial charge in [-0.15, -0.1) is 5.10 Å². The summed E-state index contributed by atoms with van der Waals surface area (Å²) in [6, 6.07) is 12.3. The molecule has 3 aromatic rings. The third-order valence-corrected chi connectivity index (χ3v) is 5.16. The third-order valence-electron chi connectivity index (χ3n) is 5.16. The standard InChI is InChI=1S/C22H23N5O4/c1-12-18(20(23)28)19(13-5-7-15(29-2)8-6-13)27-22(24-12)25-21(26-27)14-9-16(30-3)11-17(10-14)31-4/h5-11,19H,1-4H3,(H2,23,28)(H,24,25,26). The fourth-order valence-electron chi connectivity index (χ4n) is 3.62. The Morgan fingerprint density at radius 1 is 1.00 bits per heavy atom. The minimum atomic E-state index is -0.534. The van der Waals surface area contributed by atoms with Gasteiger partial charge in [0, 0.05) is 17.3 Å². The van der Waals surface area contributed by atoms with E-state index in [0.717, 1.165) is 5.56 Å². The molecule has 0 saturated heterocycles. The number of methoxy groups -OCH3 is 3. The Kier molecular flexibility index (Phi) is 5.24. The molecule has 1 unspecified atom stereocenters. The van der Waals surface area contributed by atoms with Crippen molar-refractivity contribution in [1.82, 2.24) is 14.8 Å². The first-order chi connectivity index (χ1) is 14.9. The van der Waals surface area contributed by atoms with Gasteiger partial charge in [-0.3, -0.25) is 4.79 Å². The molecule has 0 saturated carbocycles. The Labute approximate surface area is 179 Å². The molecule has 0 fully saturated rings. The van der Waals surface area contributed by atoms with Crippen LogP contribution in [0.3, 0.4) is 0 Å². The summed E-state index contributed by atoms with van der Waals surface area (Å²) in [4.78, 5) is 17.0. The average Bonchev–Trinajstić information content (AvgIpc) is 3.21. The summed E-state index contributed by atoms with van der Waals surface area (Å²) in [5.74, 6) is 2.37. The van der Waals surface area contributed by atoms with E-state index in [-0.39, 0.29) is 0 Å². The number of rotatable bonds is 6. The molecule has 1 aromatic heterocycles. The predicted octanol–water partition coefficient (Wildman–Crippen LogP) is 2.75. The van der Waals surface area contributed by atoms with Crippen molar-refractivity contribution in [2.75, 3.05) is 26.6 Å². The Morgan fingerprint density at radius 2 is 1.61 bits per heavy atom. The van der Waals surface area contributed by atoms with Crippen molar-refractivity contribution in [3.8, 4) is 28.6 Å². The second-order valence-electron chi connectivity index (χ2n) is 7.01. The van der Waals surface area contributed by atoms with Gasteiger partial charge in [0.05, 0.1) is 26.9 Å². The van der Waals surface area contributed by atoms with Crippen LogP contribution in [0.25, 0.3) is 11.4 Å². The van der Waals surface area contributed by atoms with E-state index in [9.17, 15) is 4.79 Å². The molecule has 2 aromatic carbocycles. The second-order valence-corrected chi connectivity index (χ2v) is 7.01. The lowest BCUT2D eigenvalue weighted by Crippen LogP contribution is -2.31. The lowest BCUT2D eigenvalue weighted by atomic mass is 9.95. The molecule has 2 heterocycles. The number of benzene rings is 2. The van der Waals surface area contributed by atoms with Crippen molar-refractivity contribution in [2.45, 2.75) is 13.0 Å². The summed E-state index contributed by atoms with van der Waals surface area (Å²) in [5.41, 5.74) is 8.32. The van der Waals surface area contributed by atoms with Crippen LogP contribution in [0.1, 0.15) is 18.5 Å². The van der Waals surface area contributed by atoms with Gasteiger partial charge < -0.3 is 25.3 Å². The van der Waals surface area contributed by atoms with Gasteiger partial charge in [-0.05, 0) is 36.8 Å². The molecule has 9 heteroatoms. The number of nitrogens with two attached hydrogens (primary N) is 1. The predicted molar refractivity (Wildman–Crippen MR) is 115 cm³/mol. The Balaban J connectivity index is 1.85. The van der Waals surface area contributed by atoms with Crippen LogP contribution >= 0.6 is 0 Å². The minimum Gasteiger partial charge on any atom is -0.497 e. The summed E-state index contributed by atoms with van der Waals surface area (Å²) in [5, 5.41) is 7.84. The zero-order valence-electron chi connectivity index (χ0n) is 17.7. The van der Waals surface area contributed by atoms with Crippen molar-refractivity contribution in [2.24, 2.45) is 5.73 Å². The minimum absolute atomic E-state index is 0.414. The number of primary amides is 1. The molecule has 9 nitrogen and oxygen atoms in total. The number of hydrogen-bond acceptors (Lipinski definition) is 7. The van der Waals surface area contributed by atoms with Crippen LogP contribution in [0.15, 0.2) is 53.7 Å². The van der Waals surface area contributed by atoms with E-state index in [1.807, 2.05) is 36.4 Å². The van der Waals surface area contributed by atoms with Crippen LogP contribution in [0, 0.1) is 0 Å². The SMILES string of the molecule is COc1ccc(C2C(C(N)=O)=C(C)Nc3nc(-c4cc(OC)cc(OC)c4)nn32)cc1. The summed E-state index contributed by atoms with van der Waals surface area (Å²) in [6.07, 6.45) is 0. The van der Waals surface area contributed by atoms with Crippen molar-refractivity contribution in [1.29, 1.82) is 0 Å². The molecule has 31 heavy (non-hydrogen) atoms. The lowest BCUT2D eigenvalue weighted by molar-refractivity contribution is -0.115. The fraction of sp³-hybridized carbons (Fsp3) is 0.227. The average molecular weight is 421 g/mol. The second kappa shape index (κ2) is 8.02. The Hall–Kier alpha value is -4.01. The van der Waals surface area contributed by atoms with E-state index in [1.54, 1.807) is 39.0 Å². The Bertz CT molecular complexity index is 1140. The van der Waals surface area contributed by atoms with Gasteiger partial charge in [0.25, 0.3) is 0 Å². The van der Waals surface area contributed by atoms with Crippen LogP contribution in [0.5, 0.6) is 17.2 Å². The summed E-state index contributed by atoms with van der Waals surface area (Å²) >= 11 is 0. The molecule has 0 radical (unpaired) electrons. The van der Waals surface area contributed by atoms with Gasteiger partial charge in [-0.2, -0.15) is 4.98 Å². The number of carbonyl (C=O) groups excluding carboxylic acids is 1. The number of allylic oxidation sites excluding steroid dienone is 1. The summed E-state index contributed by atoms with van der Waals surface area (Å²) < 4.78 is 17.6. The number of nitrogens with one attached hydrogen (secondary N) is 1. The van der Waals surface area contributed by atoms with Gasteiger partial charge in [0.15, 0.2) is 5.82 Å². The van der Waals surface area contributed by atoms with E-state index in [4.69, 9.17) is 25.0 Å². The van der Waals surface area contributed by atoms with Crippen LogP contribution in [-0.2, 0) is 4.79 Å². The van der Waals surface area contributed by atoms with Crippen LogP contribution < -0.4 is 25.3 Å². The monoisotopic (exact) mass is 421 g/mol. The largest absolute Gasteiger partial charge is 0.497 e. The molecule has 1 aliphatic heterocycles. The molecule has 0 aliphatic carbocycles. The first-order valence-corrected chi connectivity index (χ1v) is 9.56. The van der Waals surface area contributed by atoms with Gasteiger partial charge in [-0.1, -0.05) is 12.1 Å². The maximum absolute atomic E-state index is 12.3. The van der Waals surface area contributed by atoms with Crippen LogP contribution in [0.4, 0.5) is 5.95 Å². The highest BCUT2D eigenvalue weighted by Gasteiger charge is 2.33. The van der Waals surface area contributed by atoms with E-state index in [0.29, 0.717) is 45.9 Å². The van der Waals surface area contributed by atoms with E-state index in [1.165, 1.54) is 0 Å². The van der Waals surface area contributed by atoms with Crippen molar-refractivity contribution >= 4 is 11.9 Å². The first kappa shape index (κ1) is 20.3. The third kappa shape index (κ3) is 3.65. The van der Waals surface area contributed by atoms with Gasteiger partial charge in [0.2, 0.25) is 11.9 Å². The lowest BCUT2D eigenvalue weighted by Gasteiger charge is -2.27. The number of nitrogens with zero attached hydrogens (tertiary/aromatic N) is 3. The number of anilines is 1. The van der Waals surface area contributed by atoms with Crippen molar-refractivity contribution in [3.05, 3.63) is 59.3 Å². The van der Waals surface area contributed by atoms with Gasteiger partial charge >= 0.3 is 0 Å². The normalized spacial score (nSPS) is 15.2. The summed E-state index contributed by atoms with van der Waals surface area (Å²) in [7, 11) is 4.76. The number of fused-ring (bicyclic) bond motifs is 1. The van der Waals surface area contributed by atoms with Crippen molar-refractivity contribution < 1.29 is 19.0 Å². The zero-order chi connectivity index (χ0) is 22.1. The number of ether oxygens (including phenoxy) is 3. The summed E-state index contributed by atoms with van der Waals surface area (Å²) in [6.45, 7) is 1.79. The van der Waals surface area contributed by atoms with Crippen LogP contribution in [-0.4, -0.2) is 42.0 Å². The number of hydrogen-bond donors (Lipinski definition) is 2. The van der Waals surface area contributed by atoms with Gasteiger partial charge in [0.1, 0.15) is 23.3 Å². The number of aromatic nitrogens is 3. The number of carbonyl (C=O) groups is 1. The molecule has 1 aliphatic rings. The molecule has 0 spiro atoms. The molecule has 1 amide bonds. The molecule has 4 rings (SSSR count).